The maximum absolute atomic E-state index is 13.0. The molecule has 0 spiro atoms. The van der Waals surface area contributed by atoms with Crippen LogP contribution in [0.2, 0.25) is 0 Å². The summed E-state index contributed by atoms with van der Waals surface area (Å²) in [6.07, 6.45) is 6.41. The Bertz CT molecular complexity index is 1440. The number of aromatic nitrogens is 6. The molecule has 0 atom stereocenters. The maximum atomic E-state index is 13.0. The zero-order valence-corrected chi connectivity index (χ0v) is 15.1. The molecule has 2 aromatic carbocycles. The zero-order valence-electron chi connectivity index (χ0n) is 15.1. The van der Waals surface area contributed by atoms with Crippen LogP contribution < -0.4 is 11.2 Å². The summed E-state index contributed by atoms with van der Waals surface area (Å²) in [6.45, 7) is 0. The van der Waals surface area contributed by atoms with E-state index in [1.165, 1.54) is 4.68 Å². The van der Waals surface area contributed by atoms with Crippen LogP contribution in [-0.4, -0.2) is 29.1 Å². The summed E-state index contributed by atoms with van der Waals surface area (Å²) in [6, 6.07) is 17.9. The Balaban J connectivity index is 1.65. The van der Waals surface area contributed by atoms with Gasteiger partial charge < -0.3 is 0 Å². The highest BCUT2D eigenvalue weighted by atomic mass is 16.2. The van der Waals surface area contributed by atoms with Crippen molar-refractivity contribution < 1.29 is 0 Å². The minimum Gasteiger partial charge on any atom is -0.267 e. The molecule has 5 rings (SSSR count). The molecule has 3 heterocycles. The normalized spacial score (nSPS) is 11.0. The third kappa shape index (κ3) is 2.92. The largest absolute Gasteiger partial charge is 0.356 e. The molecule has 0 fully saturated rings. The molecule has 0 radical (unpaired) electrons. The molecule has 0 saturated heterocycles. The number of hydrogen-bond donors (Lipinski definition) is 0. The topological polar surface area (TPSA) is 87.6 Å². The van der Waals surface area contributed by atoms with Gasteiger partial charge in [0, 0.05) is 17.8 Å². The van der Waals surface area contributed by atoms with Crippen LogP contribution in [0, 0.1) is 0 Å². The highest BCUT2D eigenvalue weighted by Crippen LogP contribution is 2.18. The Morgan fingerprint density at radius 1 is 0.793 bits per heavy atom. The minimum absolute atomic E-state index is 0.483. The predicted octanol–water partition coefficient (Wildman–Crippen LogP) is 2.12. The van der Waals surface area contributed by atoms with Crippen LogP contribution in [0.3, 0.4) is 0 Å². The SMILES string of the molecule is O=c1cnn(-c2ccc3nn(-c4cccnc4)cc3c2)c(=O)n1-c1ccccc1. The predicted molar refractivity (Wildman–Crippen MR) is 108 cm³/mol. The minimum atomic E-state index is -0.539. The van der Waals surface area contributed by atoms with Gasteiger partial charge >= 0.3 is 5.69 Å². The van der Waals surface area contributed by atoms with Crippen molar-refractivity contribution in [2.45, 2.75) is 0 Å². The Kier molecular flexibility index (Phi) is 3.87. The van der Waals surface area contributed by atoms with Crippen LogP contribution in [0.1, 0.15) is 0 Å². The number of para-hydroxylation sites is 1. The van der Waals surface area contributed by atoms with Crippen molar-refractivity contribution in [3.8, 4) is 17.1 Å². The molecule has 3 aromatic heterocycles. The molecule has 0 aliphatic carbocycles. The zero-order chi connectivity index (χ0) is 19.8. The van der Waals surface area contributed by atoms with Crippen LogP contribution in [0.4, 0.5) is 0 Å². The van der Waals surface area contributed by atoms with Gasteiger partial charge in [0.2, 0.25) is 0 Å². The first-order valence-corrected chi connectivity index (χ1v) is 8.88. The molecule has 0 aliphatic heterocycles. The van der Waals surface area contributed by atoms with Crippen LogP contribution in [0.15, 0.2) is 95.0 Å². The van der Waals surface area contributed by atoms with Crippen LogP contribution in [0.5, 0.6) is 0 Å². The first-order chi connectivity index (χ1) is 14.2. The lowest BCUT2D eigenvalue weighted by Crippen LogP contribution is -2.39. The molecular formula is C21H14N6O2. The molecule has 140 valence electrons. The Morgan fingerprint density at radius 3 is 2.41 bits per heavy atom. The van der Waals surface area contributed by atoms with Crippen LogP contribution in [-0.2, 0) is 0 Å². The summed E-state index contributed by atoms with van der Waals surface area (Å²) in [5.41, 5.74) is 1.60. The van der Waals surface area contributed by atoms with Gasteiger partial charge in [-0.05, 0) is 42.5 Å². The van der Waals surface area contributed by atoms with Crippen molar-refractivity contribution in [1.82, 2.24) is 29.1 Å². The molecule has 29 heavy (non-hydrogen) atoms. The van der Waals surface area contributed by atoms with Gasteiger partial charge in [0.25, 0.3) is 5.56 Å². The van der Waals surface area contributed by atoms with Gasteiger partial charge in [-0.1, -0.05) is 18.2 Å². The van der Waals surface area contributed by atoms with Gasteiger partial charge in [0.05, 0.1) is 28.8 Å². The van der Waals surface area contributed by atoms with E-state index in [1.807, 2.05) is 36.5 Å². The number of nitrogens with zero attached hydrogens (tertiary/aromatic N) is 6. The van der Waals surface area contributed by atoms with E-state index >= 15 is 0 Å². The summed E-state index contributed by atoms with van der Waals surface area (Å²) in [5.74, 6) is 0. The van der Waals surface area contributed by atoms with Gasteiger partial charge in [-0.3, -0.25) is 9.78 Å². The van der Waals surface area contributed by atoms with E-state index in [0.29, 0.717) is 11.4 Å². The lowest BCUT2D eigenvalue weighted by molar-refractivity contribution is 0.699. The first kappa shape index (κ1) is 16.8. The summed E-state index contributed by atoms with van der Waals surface area (Å²) >= 11 is 0. The molecule has 0 saturated carbocycles. The molecule has 0 unspecified atom stereocenters. The lowest BCUT2D eigenvalue weighted by Gasteiger charge is -2.08. The van der Waals surface area contributed by atoms with Crippen molar-refractivity contribution in [1.29, 1.82) is 0 Å². The number of pyridine rings is 1. The fourth-order valence-electron chi connectivity index (χ4n) is 3.16. The van der Waals surface area contributed by atoms with Crippen molar-refractivity contribution in [2.75, 3.05) is 0 Å². The highest BCUT2D eigenvalue weighted by molar-refractivity contribution is 5.80. The van der Waals surface area contributed by atoms with E-state index in [4.69, 9.17) is 0 Å². The highest BCUT2D eigenvalue weighted by Gasteiger charge is 2.11. The van der Waals surface area contributed by atoms with E-state index < -0.39 is 11.2 Å². The van der Waals surface area contributed by atoms with Gasteiger partial charge in [0.15, 0.2) is 0 Å². The number of fused-ring (bicyclic) bond motifs is 1. The average Bonchev–Trinajstić information content (AvgIpc) is 3.19. The average molecular weight is 382 g/mol. The second-order valence-corrected chi connectivity index (χ2v) is 6.38. The quantitative estimate of drug-likeness (QED) is 0.477. The molecule has 0 bridgehead atoms. The number of benzene rings is 2. The van der Waals surface area contributed by atoms with Gasteiger partial charge in [-0.15, -0.1) is 0 Å². The first-order valence-electron chi connectivity index (χ1n) is 8.88. The lowest BCUT2D eigenvalue weighted by atomic mass is 10.2. The van der Waals surface area contributed by atoms with E-state index in [-0.39, 0.29) is 0 Å². The third-order valence-corrected chi connectivity index (χ3v) is 4.53. The van der Waals surface area contributed by atoms with Gasteiger partial charge in [0.1, 0.15) is 6.20 Å². The molecule has 8 heteroatoms. The Morgan fingerprint density at radius 2 is 1.62 bits per heavy atom. The van der Waals surface area contributed by atoms with Crippen LogP contribution in [0.25, 0.3) is 28.0 Å². The summed E-state index contributed by atoms with van der Waals surface area (Å²) in [5, 5.41) is 9.40. The molecule has 0 N–H and O–H groups in total. The molecule has 5 aromatic rings. The van der Waals surface area contributed by atoms with Crippen molar-refractivity contribution in [3.63, 3.8) is 0 Å². The number of hydrogen-bond acceptors (Lipinski definition) is 5. The fourth-order valence-corrected chi connectivity index (χ4v) is 3.16. The Hall–Kier alpha value is -4.33. The van der Waals surface area contributed by atoms with Crippen molar-refractivity contribution in [3.05, 3.63) is 106 Å². The second-order valence-electron chi connectivity index (χ2n) is 6.38. The molecule has 8 nitrogen and oxygen atoms in total. The smallest absolute Gasteiger partial charge is 0.267 e. The molecular weight excluding hydrogens is 368 g/mol. The van der Waals surface area contributed by atoms with E-state index in [1.54, 1.807) is 47.4 Å². The van der Waals surface area contributed by atoms with E-state index in [9.17, 15) is 9.59 Å². The number of rotatable bonds is 3. The third-order valence-electron chi connectivity index (χ3n) is 4.53. The van der Waals surface area contributed by atoms with Crippen molar-refractivity contribution in [2.24, 2.45) is 0 Å². The summed E-state index contributed by atoms with van der Waals surface area (Å²) in [7, 11) is 0. The second kappa shape index (κ2) is 6.68. The summed E-state index contributed by atoms with van der Waals surface area (Å²) in [4.78, 5) is 29.4. The molecule has 0 amide bonds. The van der Waals surface area contributed by atoms with Crippen molar-refractivity contribution >= 4 is 10.9 Å². The van der Waals surface area contributed by atoms with Crippen LogP contribution >= 0.6 is 0 Å². The van der Waals surface area contributed by atoms with Gasteiger partial charge in [-0.2, -0.15) is 14.9 Å². The standard InChI is InChI=1S/C21H14N6O2/c28-20-13-23-27(21(29)26(20)16-5-2-1-3-6-16)17-8-9-19-15(11-17)14-25(24-19)18-7-4-10-22-12-18/h1-14H. The van der Waals surface area contributed by atoms with E-state index in [2.05, 4.69) is 15.2 Å². The Labute approximate surface area is 163 Å². The summed E-state index contributed by atoms with van der Waals surface area (Å²) < 4.78 is 4.02. The maximum Gasteiger partial charge on any atom is 0.356 e. The monoisotopic (exact) mass is 382 g/mol. The molecule has 0 aliphatic rings. The van der Waals surface area contributed by atoms with E-state index in [0.717, 1.165) is 27.4 Å². The fraction of sp³-hybridized carbons (Fsp3) is 0. The van der Waals surface area contributed by atoms with Gasteiger partial charge in [-0.25, -0.2) is 14.0 Å².